The Labute approximate surface area is 240 Å². The van der Waals surface area contributed by atoms with Gasteiger partial charge in [0.2, 0.25) is 0 Å². The minimum absolute atomic E-state index is 0.139. The molecule has 0 bridgehead atoms. The van der Waals surface area contributed by atoms with Crippen LogP contribution < -0.4 is 5.32 Å². The second-order valence-electron chi connectivity index (χ2n) is 12.3. The fourth-order valence-electron chi connectivity index (χ4n) is 5.77. The van der Waals surface area contributed by atoms with Crippen molar-refractivity contribution >= 4 is 18.1 Å². The summed E-state index contributed by atoms with van der Waals surface area (Å²) in [6.07, 6.45) is 8.53. The fourth-order valence-corrected chi connectivity index (χ4v) is 5.77. The van der Waals surface area contributed by atoms with Gasteiger partial charge in [0.1, 0.15) is 5.60 Å². The van der Waals surface area contributed by atoms with Gasteiger partial charge in [-0.15, -0.1) is 0 Å². The average molecular weight is 547 g/mol. The molecule has 2 aromatic rings. The zero-order valence-electron chi connectivity index (χ0n) is 24.8. The number of hydrogen-bond acceptors (Lipinski definition) is 5. The number of ether oxygens (including phenoxy) is 2. The van der Waals surface area contributed by atoms with E-state index in [9.17, 15) is 9.59 Å². The molecule has 2 atom stereocenters. The molecule has 1 N–H and O–H groups in total. The van der Waals surface area contributed by atoms with Crippen molar-refractivity contribution in [3.63, 3.8) is 0 Å². The summed E-state index contributed by atoms with van der Waals surface area (Å²) in [6, 6.07) is 18.6. The molecule has 4 rings (SSSR count). The molecule has 0 heterocycles. The zero-order valence-corrected chi connectivity index (χ0v) is 24.8. The molecule has 0 spiro atoms. The smallest absolute Gasteiger partial charge is 0.410 e. The molecule has 0 saturated heterocycles. The molecular weight excluding hydrogens is 500 g/mol. The van der Waals surface area contributed by atoms with Crippen LogP contribution in [0.4, 0.5) is 4.79 Å². The van der Waals surface area contributed by atoms with Crippen molar-refractivity contribution < 1.29 is 19.1 Å². The standard InChI is InChI=1S/C34H46N2O4/c1-6-27(20-24-10-8-7-9-11-24)30-21-31(30)35-22-25-14-18-29(19-15-25)36(33(38)40-34(2,3)4)23-26-12-16-28(17-13-26)32(37)39-5/h7-13,16-17,20,25,29-31,35H,6,14-15,18-19,21-23H2,1-5H3. The Kier molecular flexibility index (Phi) is 10.1. The van der Waals surface area contributed by atoms with Crippen molar-refractivity contribution in [3.05, 3.63) is 76.9 Å². The number of benzene rings is 2. The summed E-state index contributed by atoms with van der Waals surface area (Å²) in [5.74, 6) is 0.911. The largest absolute Gasteiger partial charge is 0.465 e. The molecule has 2 aliphatic carbocycles. The summed E-state index contributed by atoms with van der Waals surface area (Å²) >= 11 is 0. The lowest BCUT2D eigenvalue weighted by atomic mass is 9.85. The monoisotopic (exact) mass is 546 g/mol. The van der Waals surface area contributed by atoms with Gasteiger partial charge in [-0.1, -0.05) is 61.0 Å². The third-order valence-electron chi connectivity index (χ3n) is 8.11. The van der Waals surface area contributed by atoms with Crippen molar-refractivity contribution in [1.29, 1.82) is 0 Å². The van der Waals surface area contributed by atoms with Crippen molar-refractivity contribution in [2.24, 2.45) is 11.8 Å². The van der Waals surface area contributed by atoms with E-state index in [0.29, 0.717) is 30.0 Å². The zero-order chi connectivity index (χ0) is 28.7. The number of hydrogen-bond donors (Lipinski definition) is 1. The fraction of sp³-hybridized carbons (Fsp3) is 0.529. The maximum Gasteiger partial charge on any atom is 0.410 e. The van der Waals surface area contributed by atoms with Crippen LogP contribution in [-0.4, -0.2) is 48.3 Å². The van der Waals surface area contributed by atoms with Gasteiger partial charge in [-0.3, -0.25) is 0 Å². The van der Waals surface area contributed by atoms with Gasteiger partial charge in [0.05, 0.1) is 12.7 Å². The number of rotatable bonds is 10. The van der Waals surface area contributed by atoms with Crippen LogP contribution in [-0.2, 0) is 16.0 Å². The summed E-state index contributed by atoms with van der Waals surface area (Å²) in [5, 5.41) is 3.85. The molecule has 216 valence electrons. The molecule has 6 nitrogen and oxygen atoms in total. The first-order valence-electron chi connectivity index (χ1n) is 14.8. The molecule has 0 aromatic heterocycles. The Morgan fingerprint density at radius 1 is 1.00 bits per heavy atom. The number of amides is 1. The van der Waals surface area contributed by atoms with Crippen LogP contribution >= 0.6 is 0 Å². The highest BCUT2D eigenvalue weighted by molar-refractivity contribution is 5.89. The second-order valence-corrected chi connectivity index (χ2v) is 12.3. The van der Waals surface area contributed by atoms with E-state index in [1.165, 1.54) is 19.1 Å². The molecule has 6 heteroatoms. The molecule has 2 aromatic carbocycles. The normalized spacial score (nSPS) is 22.9. The first-order chi connectivity index (χ1) is 19.2. The highest BCUT2D eigenvalue weighted by Crippen LogP contribution is 2.40. The number of carbonyl (C=O) groups is 2. The lowest BCUT2D eigenvalue weighted by Crippen LogP contribution is -2.45. The predicted octanol–water partition coefficient (Wildman–Crippen LogP) is 7.24. The van der Waals surface area contributed by atoms with Crippen LogP contribution in [0.5, 0.6) is 0 Å². The third kappa shape index (κ3) is 8.44. The van der Waals surface area contributed by atoms with Crippen LogP contribution in [0.15, 0.2) is 60.2 Å². The maximum absolute atomic E-state index is 13.3. The molecule has 0 radical (unpaired) electrons. The Bertz CT molecular complexity index is 1140. The maximum atomic E-state index is 13.3. The Balaban J connectivity index is 1.30. The number of nitrogens with one attached hydrogen (secondary N) is 1. The van der Waals surface area contributed by atoms with Gasteiger partial charge < -0.3 is 19.7 Å². The van der Waals surface area contributed by atoms with Crippen LogP contribution in [0, 0.1) is 11.8 Å². The molecule has 2 fully saturated rings. The van der Waals surface area contributed by atoms with Crippen LogP contribution in [0.3, 0.4) is 0 Å². The summed E-state index contributed by atoms with van der Waals surface area (Å²) in [6.45, 7) is 9.47. The molecule has 2 saturated carbocycles. The summed E-state index contributed by atoms with van der Waals surface area (Å²) in [5.41, 5.74) is 3.75. The highest BCUT2D eigenvalue weighted by Gasteiger charge is 2.39. The topological polar surface area (TPSA) is 67.9 Å². The van der Waals surface area contributed by atoms with E-state index in [1.807, 2.05) is 37.8 Å². The molecule has 1 amide bonds. The predicted molar refractivity (Wildman–Crippen MR) is 160 cm³/mol. The van der Waals surface area contributed by atoms with Gasteiger partial charge in [-0.05, 0) is 101 Å². The van der Waals surface area contributed by atoms with Crippen molar-refractivity contribution in [1.82, 2.24) is 10.2 Å². The molecule has 0 aliphatic heterocycles. The van der Waals surface area contributed by atoms with E-state index in [2.05, 4.69) is 48.6 Å². The van der Waals surface area contributed by atoms with Crippen LogP contribution in [0.25, 0.3) is 6.08 Å². The average Bonchev–Trinajstić information content (AvgIpc) is 3.73. The SMILES string of the molecule is CCC(=Cc1ccccc1)C1CC1NCC1CCC(N(Cc2ccc(C(=O)OC)cc2)C(=O)OC(C)(C)C)CC1. The second kappa shape index (κ2) is 13.5. The number of carbonyl (C=O) groups excluding carboxylic acids is 2. The summed E-state index contributed by atoms with van der Waals surface area (Å²) in [7, 11) is 1.38. The van der Waals surface area contributed by atoms with Gasteiger partial charge in [-0.25, -0.2) is 9.59 Å². The van der Waals surface area contributed by atoms with Crippen LogP contribution in [0.1, 0.15) is 87.7 Å². The van der Waals surface area contributed by atoms with Crippen molar-refractivity contribution in [2.45, 2.75) is 90.4 Å². The lowest BCUT2D eigenvalue weighted by molar-refractivity contribution is 0.00796. The van der Waals surface area contributed by atoms with E-state index in [1.54, 1.807) is 17.7 Å². The number of methoxy groups -OCH3 is 1. The quantitative estimate of drug-likeness (QED) is 0.318. The molecule has 2 unspecified atom stereocenters. The van der Waals surface area contributed by atoms with E-state index in [4.69, 9.17) is 9.47 Å². The van der Waals surface area contributed by atoms with E-state index < -0.39 is 5.60 Å². The van der Waals surface area contributed by atoms with Gasteiger partial charge >= 0.3 is 12.1 Å². The number of esters is 1. The lowest BCUT2D eigenvalue weighted by Gasteiger charge is -2.38. The summed E-state index contributed by atoms with van der Waals surface area (Å²) in [4.78, 5) is 27.0. The minimum Gasteiger partial charge on any atom is -0.465 e. The van der Waals surface area contributed by atoms with E-state index in [0.717, 1.165) is 44.2 Å². The van der Waals surface area contributed by atoms with Crippen molar-refractivity contribution in [2.75, 3.05) is 13.7 Å². The Morgan fingerprint density at radius 2 is 1.68 bits per heavy atom. The van der Waals surface area contributed by atoms with Gasteiger partial charge in [-0.2, -0.15) is 0 Å². The number of nitrogens with zero attached hydrogens (tertiary/aromatic N) is 1. The first-order valence-corrected chi connectivity index (χ1v) is 14.8. The summed E-state index contributed by atoms with van der Waals surface area (Å²) < 4.78 is 10.6. The molecule has 2 aliphatic rings. The minimum atomic E-state index is -0.557. The Morgan fingerprint density at radius 3 is 2.27 bits per heavy atom. The Hall–Kier alpha value is -3.12. The highest BCUT2D eigenvalue weighted by atomic mass is 16.6. The van der Waals surface area contributed by atoms with E-state index >= 15 is 0 Å². The van der Waals surface area contributed by atoms with Gasteiger partial charge in [0.25, 0.3) is 0 Å². The van der Waals surface area contributed by atoms with Gasteiger partial charge in [0.15, 0.2) is 0 Å². The van der Waals surface area contributed by atoms with E-state index in [-0.39, 0.29) is 18.1 Å². The van der Waals surface area contributed by atoms with Gasteiger partial charge in [0, 0.05) is 18.6 Å². The molecular formula is C34H46N2O4. The first kappa shape index (κ1) is 29.9. The van der Waals surface area contributed by atoms with Crippen molar-refractivity contribution in [3.8, 4) is 0 Å². The van der Waals surface area contributed by atoms with Crippen LogP contribution in [0.2, 0.25) is 0 Å². The molecule has 40 heavy (non-hydrogen) atoms. The third-order valence-corrected chi connectivity index (χ3v) is 8.11.